The molecule has 0 fully saturated rings. The first-order valence-electron chi connectivity index (χ1n) is 5.92. The second-order valence-electron chi connectivity index (χ2n) is 5.23. The molecule has 0 aliphatic rings. The minimum atomic E-state index is -0.792. The summed E-state index contributed by atoms with van der Waals surface area (Å²) in [5, 5.41) is 21.7. The van der Waals surface area contributed by atoms with Crippen molar-refractivity contribution in [3.63, 3.8) is 0 Å². The minimum Gasteiger partial charge on any atom is -0.443 e. The van der Waals surface area contributed by atoms with Crippen LogP contribution in [0.4, 0.5) is 21.9 Å². The average Bonchev–Trinajstić information content (AvgIpc) is 2.34. The van der Waals surface area contributed by atoms with Crippen LogP contribution in [-0.4, -0.2) is 28.6 Å². The van der Waals surface area contributed by atoms with E-state index in [-0.39, 0.29) is 5.69 Å². The molecule has 21 heavy (non-hydrogen) atoms. The number of hydrogen-bond donors (Lipinski definition) is 0. The number of rotatable bonds is 3. The first-order chi connectivity index (χ1) is 9.53. The fraction of sp³-hybridized carbons (Fsp3) is 0.417. The number of nitro groups is 2. The highest BCUT2D eigenvalue weighted by molar-refractivity contribution is 5.90. The summed E-state index contributed by atoms with van der Waals surface area (Å²) >= 11 is 0. The molecule has 0 radical (unpaired) electrons. The molecule has 9 heteroatoms. The number of hydrogen-bond acceptors (Lipinski definition) is 6. The molecule has 0 saturated heterocycles. The van der Waals surface area contributed by atoms with Gasteiger partial charge in [0.15, 0.2) is 0 Å². The van der Waals surface area contributed by atoms with Gasteiger partial charge < -0.3 is 4.74 Å². The lowest BCUT2D eigenvalue weighted by atomic mass is 10.2. The lowest BCUT2D eigenvalue weighted by Gasteiger charge is -2.24. The van der Waals surface area contributed by atoms with Gasteiger partial charge in [0.1, 0.15) is 11.3 Å². The summed E-state index contributed by atoms with van der Waals surface area (Å²) in [5.41, 5.74) is -1.82. The zero-order valence-corrected chi connectivity index (χ0v) is 12.0. The largest absolute Gasteiger partial charge is 0.443 e. The Morgan fingerprint density at radius 1 is 1.19 bits per heavy atom. The fourth-order valence-corrected chi connectivity index (χ4v) is 1.48. The van der Waals surface area contributed by atoms with Gasteiger partial charge >= 0.3 is 6.09 Å². The second kappa shape index (κ2) is 5.73. The van der Waals surface area contributed by atoms with E-state index in [4.69, 9.17) is 4.74 Å². The van der Waals surface area contributed by atoms with Gasteiger partial charge in [-0.2, -0.15) is 0 Å². The van der Waals surface area contributed by atoms with Crippen molar-refractivity contribution in [1.29, 1.82) is 0 Å². The molecule has 0 saturated carbocycles. The predicted octanol–water partition coefficient (Wildman–Crippen LogP) is 2.87. The number of nitrogens with zero attached hydrogens (tertiary/aromatic N) is 3. The van der Waals surface area contributed by atoms with E-state index in [0.717, 1.165) is 23.1 Å². The maximum Gasteiger partial charge on any atom is 0.414 e. The molecular weight excluding hydrogens is 282 g/mol. The van der Waals surface area contributed by atoms with Gasteiger partial charge in [-0.15, -0.1) is 0 Å². The molecule has 0 unspecified atom stereocenters. The average molecular weight is 297 g/mol. The molecule has 0 spiro atoms. The third kappa shape index (κ3) is 4.13. The number of ether oxygens (including phenoxy) is 1. The number of anilines is 1. The Balaban J connectivity index is 3.20. The quantitative estimate of drug-likeness (QED) is 0.625. The van der Waals surface area contributed by atoms with Crippen LogP contribution in [0.2, 0.25) is 0 Å². The summed E-state index contributed by atoms with van der Waals surface area (Å²) in [6.07, 6.45) is -0.792. The molecule has 1 aromatic rings. The maximum absolute atomic E-state index is 11.9. The molecule has 0 aromatic heterocycles. The molecular formula is C12H15N3O6. The number of carbonyl (C=O) groups is 1. The molecule has 114 valence electrons. The summed E-state index contributed by atoms with van der Waals surface area (Å²) in [6, 6.07) is 3.03. The van der Waals surface area contributed by atoms with Gasteiger partial charge in [0.25, 0.3) is 11.4 Å². The standard InChI is InChI=1S/C12H15N3O6/c1-12(2,3)21-11(16)13(4)9-6-5-8(14(17)18)7-10(9)15(19)20/h5-7H,1-4H3. The minimum absolute atomic E-state index is 0.0835. The van der Waals surface area contributed by atoms with Crippen LogP contribution in [0, 0.1) is 20.2 Å². The Labute approximate surface area is 120 Å². The first kappa shape index (κ1) is 16.3. The van der Waals surface area contributed by atoms with E-state index in [1.807, 2.05) is 0 Å². The molecule has 9 nitrogen and oxygen atoms in total. The van der Waals surface area contributed by atoms with Gasteiger partial charge in [0.05, 0.1) is 15.9 Å². The monoisotopic (exact) mass is 297 g/mol. The summed E-state index contributed by atoms with van der Waals surface area (Å²) in [4.78, 5) is 33.0. The number of nitro benzene ring substituents is 2. The van der Waals surface area contributed by atoms with E-state index in [1.165, 1.54) is 7.05 Å². The normalized spacial score (nSPS) is 10.9. The third-order valence-corrected chi connectivity index (χ3v) is 2.40. The predicted molar refractivity (Wildman–Crippen MR) is 74.4 cm³/mol. The van der Waals surface area contributed by atoms with Crippen molar-refractivity contribution in [2.75, 3.05) is 11.9 Å². The molecule has 1 aromatic carbocycles. The van der Waals surface area contributed by atoms with Gasteiger partial charge in [-0.05, 0) is 26.8 Å². The first-order valence-corrected chi connectivity index (χ1v) is 5.92. The summed E-state index contributed by atoms with van der Waals surface area (Å²) in [7, 11) is 1.29. The molecule has 0 atom stereocenters. The molecule has 0 N–H and O–H groups in total. The van der Waals surface area contributed by atoms with E-state index in [9.17, 15) is 25.0 Å². The molecule has 1 rings (SSSR count). The zero-order chi connectivity index (χ0) is 16.4. The smallest absolute Gasteiger partial charge is 0.414 e. The van der Waals surface area contributed by atoms with E-state index in [1.54, 1.807) is 20.8 Å². The Kier molecular flexibility index (Phi) is 4.46. The number of carbonyl (C=O) groups excluding carboxylic acids is 1. The van der Waals surface area contributed by atoms with Crippen LogP contribution in [0.15, 0.2) is 18.2 Å². The molecule has 1 amide bonds. The van der Waals surface area contributed by atoms with Crippen molar-refractivity contribution in [1.82, 2.24) is 0 Å². The number of benzene rings is 1. The van der Waals surface area contributed by atoms with Crippen LogP contribution in [0.5, 0.6) is 0 Å². The Hall–Kier alpha value is -2.71. The van der Waals surface area contributed by atoms with Crippen LogP contribution >= 0.6 is 0 Å². The number of non-ortho nitro benzene ring substituents is 1. The molecule has 0 bridgehead atoms. The van der Waals surface area contributed by atoms with Crippen molar-refractivity contribution in [3.05, 3.63) is 38.4 Å². The molecule has 0 aliphatic heterocycles. The summed E-state index contributed by atoms with van der Waals surface area (Å²) in [5.74, 6) is 0. The van der Waals surface area contributed by atoms with Crippen molar-refractivity contribution in [3.8, 4) is 0 Å². The van der Waals surface area contributed by atoms with Gasteiger partial charge in [-0.1, -0.05) is 0 Å². The summed E-state index contributed by atoms with van der Waals surface area (Å²) in [6.45, 7) is 4.97. The van der Waals surface area contributed by atoms with Crippen molar-refractivity contribution in [2.45, 2.75) is 26.4 Å². The lowest BCUT2D eigenvalue weighted by Crippen LogP contribution is -2.34. The SMILES string of the molecule is CN(C(=O)OC(C)(C)C)c1ccc([N+](=O)[O-])cc1[N+](=O)[O-]. The second-order valence-corrected chi connectivity index (χ2v) is 5.23. The van der Waals surface area contributed by atoms with E-state index in [2.05, 4.69) is 0 Å². The maximum atomic E-state index is 11.9. The highest BCUT2D eigenvalue weighted by Crippen LogP contribution is 2.32. The van der Waals surface area contributed by atoms with Gasteiger partial charge in [0, 0.05) is 13.1 Å². The Morgan fingerprint density at radius 2 is 1.76 bits per heavy atom. The Morgan fingerprint density at radius 3 is 2.19 bits per heavy atom. The highest BCUT2D eigenvalue weighted by atomic mass is 16.6. The lowest BCUT2D eigenvalue weighted by molar-refractivity contribution is -0.393. The van der Waals surface area contributed by atoms with Crippen LogP contribution in [0.1, 0.15) is 20.8 Å². The van der Waals surface area contributed by atoms with Crippen LogP contribution in [0.3, 0.4) is 0 Å². The summed E-state index contributed by atoms with van der Waals surface area (Å²) < 4.78 is 5.10. The fourth-order valence-electron chi connectivity index (χ4n) is 1.48. The van der Waals surface area contributed by atoms with Crippen molar-refractivity contribution >= 4 is 23.2 Å². The van der Waals surface area contributed by atoms with Gasteiger partial charge in [-0.3, -0.25) is 25.1 Å². The number of amides is 1. The Bertz CT molecular complexity index is 593. The third-order valence-electron chi connectivity index (χ3n) is 2.40. The van der Waals surface area contributed by atoms with Crippen molar-refractivity contribution in [2.24, 2.45) is 0 Å². The van der Waals surface area contributed by atoms with Gasteiger partial charge in [0.2, 0.25) is 0 Å². The molecule has 0 heterocycles. The van der Waals surface area contributed by atoms with Crippen LogP contribution < -0.4 is 4.90 Å². The van der Waals surface area contributed by atoms with Gasteiger partial charge in [-0.25, -0.2) is 4.79 Å². The highest BCUT2D eigenvalue weighted by Gasteiger charge is 2.27. The van der Waals surface area contributed by atoms with Crippen molar-refractivity contribution < 1.29 is 19.4 Å². The van der Waals surface area contributed by atoms with E-state index in [0.29, 0.717) is 0 Å². The topological polar surface area (TPSA) is 116 Å². The zero-order valence-electron chi connectivity index (χ0n) is 12.0. The van der Waals surface area contributed by atoms with E-state index >= 15 is 0 Å². The van der Waals surface area contributed by atoms with Crippen LogP contribution in [-0.2, 0) is 4.74 Å². The molecule has 0 aliphatic carbocycles. The van der Waals surface area contributed by atoms with Crippen LogP contribution in [0.25, 0.3) is 0 Å². The van der Waals surface area contributed by atoms with E-state index < -0.39 is 32.9 Å².